The Bertz CT molecular complexity index is 1430. The second-order valence-electron chi connectivity index (χ2n) is 10.4. The first-order chi connectivity index (χ1) is 17.9. The van der Waals surface area contributed by atoms with Gasteiger partial charge in [-0.25, -0.2) is 0 Å². The van der Waals surface area contributed by atoms with Gasteiger partial charge in [-0.3, -0.25) is 14.6 Å². The lowest BCUT2D eigenvalue weighted by Crippen LogP contribution is -2.62. The van der Waals surface area contributed by atoms with Crippen LogP contribution in [0.1, 0.15) is 46.8 Å². The summed E-state index contributed by atoms with van der Waals surface area (Å²) in [5.41, 5.74) is -0.0245. The molecule has 1 spiro atoms. The Morgan fingerprint density at radius 1 is 1.13 bits per heavy atom. The van der Waals surface area contributed by atoms with E-state index in [1.54, 1.807) is 15.3 Å². The van der Waals surface area contributed by atoms with Crippen LogP contribution in [0.25, 0.3) is 0 Å². The molecule has 3 saturated heterocycles. The average Bonchev–Trinajstić information content (AvgIpc) is 3.38. The SMILES string of the molecule is CC1(C)OC1C(=O)N1CC2(CN(C(=O)c3cncs3)CC2c2nnc(C(F)(F)c3ccc(Cl)c(Cl)c3)o2)C1. The number of aromatic nitrogens is 3. The Balaban J connectivity index is 1.28. The van der Waals surface area contributed by atoms with Gasteiger partial charge in [0.15, 0.2) is 6.10 Å². The van der Waals surface area contributed by atoms with Crippen LogP contribution < -0.4 is 0 Å². The first kappa shape index (κ1) is 25.6. The van der Waals surface area contributed by atoms with Crippen LogP contribution in [0.2, 0.25) is 10.0 Å². The third-order valence-corrected chi connectivity index (χ3v) is 8.91. The van der Waals surface area contributed by atoms with Crippen molar-refractivity contribution in [2.24, 2.45) is 5.41 Å². The van der Waals surface area contributed by atoms with E-state index in [1.165, 1.54) is 23.6 Å². The molecule has 1 aromatic carbocycles. The van der Waals surface area contributed by atoms with E-state index in [4.69, 9.17) is 32.4 Å². The highest BCUT2D eigenvalue weighted by molar-refractivity contribution is 7.11. The summed E-state index contributed by atoms with van der Waals surface area (Å²) >= 11 is 13.0. The first-order valence-electron chi connectivity index (χ1n) is 11.7. The van der Waals surface area contributed by atoms with Gasteiger partial charge < -0.3 is 19.0 Å². The molecule has 0 saturated carbocycles. The molecule has 3 aliphatic rings. The van der Waals surface area contributed by atoms with Crippen LogP contribution in [0.3, 0.4) is 0 Å². The molecule has 0 N–H and O–H groups in total. The fourth-order valence-electron chi connectivity index (χ4n) is 5.23. The topological polar surface area (TPSA) is 105 Å². The molecule has 0 bridgehead atoms. The number of alkyl halides is 2. The number of halogens is 4. The van der Waals surface area contributed by atoms with Crippen LogP contribution in [0.15, 0.2) is 34.3 Å². The molecule has 9 nitrogen and oxygen atoms in total. The van der Waals surface area contributed by atoms with Crippen LogP contribution in [0, 0.1) is 5.41 Å². The number of hydrogen-bond donors (Lipinski definition) is 0. The van der Waals surface area contributed by atoms with Gasteiger partial charge in [0.05, 0.1) is 33.3 Å². The Hall–Kier alpha value is -2.67. The lowest BCUT2D eigenvalue weighted by molar-refractivity contribution is -0.145. The predicted octanol–water partition coefficient (Wildman–Crippen LogP) is 4.22. The zero-order valence-corrected chi connectivity index (χ0v) is 22.5. The number of likely N-dealkylation sites (tertiary alicyclic amines) is 2. The molecule has 2 aromatic heterocycles. The minimum Gasteiger partial charge on any atom is -0.419 e. The highest BCUT2D eigenvalue weighted by atomic mass is 35.5. The van der Waals surface area contributed by atoms with Gasteiger partial charge in [-0.2, -0.15) is 8.78 Å². The molecular formula is C24H21Cl2F2N5O4S. The van der Waals surface area contributed by atoms with Gasteiger partial charge in [0.2, 0.25) is 5.89 Å². The summed E-state index contributed by atoms with van der Waals surface area (Å²) in [7, 11) is 0. The highest BCUT2D eigenvalue weighted by Gasteiger charge is 2.63. The van der Waals surface area contributed by atoms with Gasteiger partial charge in [0, 0.05) is 37.2 Å². The molecule has 3 aliphatic heterocycles. The summed E-state index contributed by atoms with van der Waals surface area (Å²) in [6.07, 6.45) is 0.966. The minimum atomic E-state index is -3.63. The summed E-state index contributed by atoms with van der Waals surface area (Å²) in [5, 5.41) is 7.74. The van der Waals surface area contributed by atoms with Gasteiger partial charge in [0.25, 0.3) is 17.7 Å². The maximum atomic E-state index is 15.3. The van der Waals surface area contributed by atoms with Crippen molar-refractivity contribution in [2.45, 2.75) is 37.4 Å². The number of carbonyl (C=O) groups is 2. The molecule has 38 heavy (non-hydrogen) atoms. The predicted molar refractivity (Wildman–Crippen MR) is 132 cm³/mol. The molecule has 5 heterocycles. The van der Waals surface area contributed by atoms with Crippen molar-refractivity contribution < 1.29 is 27.5 Å². The highest BCUT2D eigenvalue weighted by Crippen LogP contribution is 2.51. The van der Waals surface area contributed by atoms with Crippen molar-refractivity contribution in [1.29, 1.82) is 0 Å². The number of nitrogens with zero attached hydrogens (tertiary/aromatic N) is 5. The van der Waals surface area contributed by atoms with E-state index in [9.17, 15) is 9.59 Å². The van der Waals surface area contributed by atoms with Crippen molar-refractivity contribution in [3.05, 3.63) is 62.2 Å². The van der Waals surface area contributed by atoms with E-state index >= 15 is 8.78 Å². The number of hydrogen-bond acceptors (Lipinski definition) is 8. The third kappa shape index (κ3) is 4.09. The second-order valence-corrected chi connectivity index (χ2v) is 12.1. The Kier molecular flexibility index (Phi) is 5.84. The molecule has 2 atom stereocenters. The molecule has 0 radical (unpaired) electrons. The Morgan fingerprint density at radius 3 is 2.47 bits per heavy atom. The molecule has 0 aliphatic carbocycles. The minimum absolute atomic E-state index is 0.0190. The number of amides is 2. The lowest BCUT2D eigenvalue weighted by Gasteiger charge is -2.50. The number of thiazole rings is 1. The van der Waals surface area contributed by atoms with E-state index in [1.807, 2.05) is 13.8 Å². The largest absolute Gasteiger partial charge is 0.419 e. The molecule has 2 unspecified atom stereocenters. The molecule has 14 heteroatoms. The maximum absolute atomic E-state index is 15.3. The number of epoxide rings is 1. The smallest absolute Gasteiger partial charge is 0.349 e. The summed E-state index contributed by atoms with van der Waals surface area (Å²) in [6.45, 7) is 4.76. The van der Waals surface area contributed by atoms with Crippen molar-refractivity contribution in [3.8, 4) is 0 Å². The van der Waals surface area contributed by atoms with E-state index in [2.05, 4.69) is 15.2 Å². The average molecular weight is 584 g/mol. The zero-order chi connectivity index (χ0) is 27.0. The van der Waals surface area contributed by atoms with E-state index in [-0.39, 0.29) is 34.3 Å². The molecule has 3 aromatic rings. The summed E-state index contributed by atoms with van der Waals surface area (Å²) < 4.78 is 41.6. The standard InChI is InChI=1S/C24H21Cl2F2N5O4S/c1-22(2)17(37-22)20(35)33-9-23(10-33)8-32(19(34)16-6-29-11-38-16)7-13(23)18-30-31-21(36-18)24(27,28)12-3-4-14(25)15(26)5-12/h3-6,11,13,17H,7-10H2,1-2H3. The van der Waals surface area contributed by atoms with E-state index in [0.29, 0.717) is 24.5 Å². The van der Waals surface area contributed by atoms with Crippen LogP contribution in [0.5, 0.6) is 0 Å². The van der Waals surface area contributed by atoms with Crippen molar-refractivity contribution >= 4 is 46.4 Å². The number of rotatable bonds is 5. The maximum Gasteiger partial charge on any atom is 0.349 e. The van der Waals surface area contributed by atoms with Crippen LogP contribution >= 0.6 is 34.5 Å². The van der Waals surface area contributed by atoms with Crippen LogP contribution in [-0.2, 0) is 15.5 Å². The monoisotopic (exact) mass is 583 g/mol. The van der Waals surface area contributed by atoms with Crippen LogP contribution in [0.4, 0.5) is 8.78 Å². The summed E-state index contributed by atoms with van der Waals surface area (Å²) in [4.78, 5) is 33.7. The number of carbonyl (C=O) groups excluding carboxylic acids is 2. The Morgan fingerprint density at radius 2 is 1.84 bits per heavy atom. The number of benzene rings is 1. The summed E-state index contributed by atoms with van der Waals surface area (Å²) in [5.74, 6) is -5.46. The van der Waals surface area contributed by atoms with Gasteiger partial charge in [-0.05, 0) is 26.0 Å². The fraction of sp³-hybridized carbons (Fsp3) is 0.458. The van der Waals surface area contributed by atoms with Crippen molar-refractivity contribution in [3.63, 3.8) is 0 Å². The Labute approximate surface area is 229 Å². The molecule has 3 fully saturated rings. The summed E-state index contributed by atoms with van der Waals surface area (Å²) in [6, 6.07) is 3.46. The van der Waals surface area contributed by atoms with E-state index in [0.717, 1.165) is 12.1 Å². The molecular weight excluding hydrogens is 563 g/mol. The van der Waals surface area contributed by atoms with Crippen molar-refractivity contribution in [2.75, 3.05) is 26.2 Å². The van der Waals surface area contributed by atoms with Crippen molar-refractivity contribution in [1.82, 2.24) is 25.0 Å². The fourth-order valence-corrected chi connectivity index (χ4v) is 6.12. The lowest BCUT2D eigenvalue weighted by atomic mass is 9.71. The zero-order valence-electron chi connectivity index (χ0n) is 20.2. The van der Waals surface area contributed by atoms with Gasteiger partial charge in [-0.1, -0.05) is 29.3 Å². The quantitative estimate of drug-likeness (QED) is 0.414. The van der Waals surface area contributed by atoms with Gasteiger partial charge in [-0.15, -0.1) is 21.5 Å². The third-order valence-electron chi connectivity index (χ3n) is 7.41. The van der Waals surface area contributed by atoms with E-state index < -0.39 is 40.4 Å². The first-order valence-corrected chi connectivity index (χ1v) is 13.4. The molecule has 2 amide bonds. The molecule has 200 valence electrons. The van der Waals surface area contributed by atoms with Gasteiger partial charge in [0.1, 0.15) is 4.88 Å². The normalized spacial score (nSPS) is 23.5. The number of ether oxygens (including phenoxy) is 1. The van der Waals surface area contributed by atoms with Crippen LogP contribution in [-0.4, -0.2) is 74.7 Å². The van der Waals surface area contributed by atoms with Gasteiger partial charge >= 0.3 is 5.92 Å². The molecule has 6 rings (SSSR count). The second kappa shape index (κ2) is 8.67.